The fourth-order valence-electron chi connectivity index (χ4n) is 4.01. The van der Waals surface area contributed by atoms with Gasteiger partial charge in [0.2, 0.25) is 0 Å². The molecule has 0 bridgehead atoms. The molecule has 0 fully saturated rings. The molecule has 0 radical (unpaired) electrons. The molecule has 3 N–H and O–H groups in total. The van der Waals surface area contributed by atoms with Crippen LogP contribution in [0.4, 0.5) is 0 Å². The summed E-state index contributed by atoms with van der Waals surface area (Å²) in [7, 11) is 0. The lowest BCUT2D eigenvalue weighted by Crippen LogP contribution is -2.55. The van der Waals surface area contributed by atoms with Gasteiger partial charge in [-0.1, -0.05) is 91.0 Å². The summed E-state index contributed by atoms with van der Waals surface area (Å²) in [5.74, 6) is 0. The second-order valence-electron chi connectivity index (χ2n) is 8.46. The van der Waals surface area contributed by atoms with Crippen LogP contribution in [0.5, 0.6) is 0 Å². The van der Waals surface area contributed by atoms with Crippen LogP contribution in [0.3, 0.4) is 0 Å². The van der Waals surface area contributed by atoms with Crippen LogP contribution in [0.2, 0.25) is 0 Å². The Labute approximate surface area is 206 Å². The highest BCUT2D eigenvalue weighted by atomic mass is 16.3. The molecule has 4 rings (SSSR count). The van der Waals surface area contributed by atoms with E-state index in [2.05, 4.69) is 0 Å². The fourth-order valence-corrected chi connectivity index (χ4v) is 4.01. The van der Waals surface area contributed by atoms with Crippen LogP contribution in [0.15, 0.2) is 105 Å². The minimum Gasteiger partial charge on any atom is -0.387 e. The SMILES string of the molecule is O=c1n(CC(O)c2ccccc2)c(=O)n(CC(O)c2ccccc2)c(=O)n1CC(O)c1ccccc1. The minimum atomic E-state index is -1.20. The molecule has 3 atom stereocenters. The zero-order chi connectivity index (χ0) is 25.7. The molecule has 0 aliphatic rings. The Bertz CT molecular complexity index is 1250. The Balaban J connectivity index is 1.78. The third-order valence-corrected chi connectivity index (χ3v) is 6.00. The van der Waals surface area contributed by atoms with E-state index in [1.165, 1.54) is 0 Å². The fraction of sp³-hybridized carbons (Fsp3) is 0.222. The Morgan fingerprint density at radius 3 is 0.889 bits per heavy atom. The summed E-state index contributed by atoms with van der Waals surface area (Å²) in [6.07, 6.45) is -3.60. The minimum absolute atomic E-state index is 0.412. The predicted molar refractivity (Wildman–Crippen MR) is 133 cm³/mol. The summed E-state index contributed by atoms with van der Waals surface area (Å²) in [6.45, 7) is -1.24. The first kappa shape index (κ1) is 25.1. The quantitative estimate of drug-likeness (QED) is 0.326. The molecule has 3 aromatic carbocycles. The molecule has 0 aliphatic heterocycles. The summed E-state index contributed by atoms with van der Waals surface area (Å²) in [6, 6.07) is 25.5. The van der Waals surface area contributed by atoms with Gasteiger partial charge in [0.1, 0.15) is 0 Å². The van der Waals surface area contributed by atoms with E-state index in [1.807, 2.05) is 0 Å². The Morgan fingerprint density at radius 2 is 0.667 bits per heavy atom. The van der Waals surface area contributed by atoms with Crippen LogP contribution in [-0.2, 0) is 19.6 Å². The number of hydrogen-bond acceptors (Lipinski definition) is 6. The van der Waals surface area contributed by atoms with Crippen LogP contribution < -0.4 is 17.1 Å². The van der Waals surface area contributed by atoms with Crippen LogP contribution in [0.25, 0.3) is 0 Å². The standard InChI is InChI=1S/C27H27N3O6/c31-22(19-10-4-1-5-11-19)16-28-25(34)29(17-23(32)20-12-6-2-7-13-20)27(36)30(26(28)35)18-24(33)21-14-8-3-9-15-21/h1-15,22-24,31-33H,16-18H2. The molecule has 0 aliphatic carbocycles. The zero-order valence-corrected chi connectivity index (χ0v) is 19.4. The molecule has 0 saturated heterocycles. The van der Waals surface area contributed by atoms with Crippen LogP contribution in [0.1, 0.15) is 35.0 Å². The number of nitrogens with zero attached hydrogens (tertiary/aromatic N) is 3. The lowest BCUT2D eigenvalue weighted by atomic mass is 10.1. The highest BCUT2D eigenvalue weighted by Crippen LogP contribution is 2.15. The topological polar surface area (TPSA) is 127 Å². The molecule has 9 nitrogen and oxygen atoms in total. The Hall–Kier alpha value is -4.05. The van der Waals surface area contributed by atoms with Crippen LogP contribution >= 0.6 is 0 Å². The first-order chi connectivity index (χ1) is 17.4. The summed E-state index contributed by atoms with van der Waals surface area (Å²) in [4.78, 5) is 39.8. The predicted octanol–water partition coefficient (Wildman–Crippen LogP) is 1.37. The molecule has 36 heavy (non-hydrogen) atoms. The Morgan fingerprint density at radius 1 is 0.444 bits per heavy atom. The third kappa shape index (κ3) is 5.44. The maximum atomic E-state index is 13.3. The molecular formula is C27H27N3O6. The van der Waals surface area contributed by atoms with Crippen molar-refractivity contribution >= 4 is 0 Å². The number of hydrogen-bond donors (Lipinski definition) is 3. The summed E-state index contributed by atoms with van der Waals surface area (Å²) in [5.41, 5.74) is -1.41. The molecule has 3 unspecified atom stereocenters. The molecule has 1 aromatic heterocycles. The van der Waals surface area contributed by atoms with E-state index in [4.69, 9.17) is 0 Å². The number of aliphatic hydroxyl groups is 3. The van der Waals surface area contributed by atoms with E-state index in [1.54, 1.807) is 91.0 Å². The molecule has 9 heteroatoms. The number of rotatable bonds is 9. The monoisotopic (exact) mass is 489 g/mol. The highest BCUT2D eigenvalue weighted by molar-refractivity contribution is 5.19. The Kier molecular flexibility index (Phi) is 7.74. The summed E-state index contributed by atoms with van der Waals surface area (Å²) < 4.78 is 2.28. The maximum Gasteiger partial charge on any atom is 0.336 e. The molecule has 0 spiro atoms. The van der Waals surface area contributed by atoms with E-state index in [9.17, 15) is 29.7 Å². The number of benzene rings is 3. The first-order valence-corrected chi connectivity index (χ1v) is 11.5. The van der Waals surface area contributed by atoms with Gasteiger partial charge in [-0.2, -0.15) is 0 Å². The number of aromatic nitrogens is 3. The van der Waals surface area contributed by atoms with Crippen molar-refractivity contribution in [3.63, 3.8) is 0 Å². The largest absolute Gasteiger partial charge is 0.387 e. The summed E-state index contributed by atoms with van der Waals surface area (Å²) >= 11 is 0. The van der Waals surface area contributed by atoms with E-state index >= 15 is 0 Å². The van der Waals surface area contributed by atoms with Gasteiger partial charge in [-0.3, -0.25) is 0 Å². The van der Waals surface area contributed by atoms with E-state index in [0.717, 1.165) is 13.7 Å². The second kappa shape index (κ2) is 11.1. The van der Waals surface area contributed by atoms with Gasteiger partial charge in [-0.15, -0.1) is 0 Å². The van der Waals surface area contributed by atoms with Gasteiger partial charge in [0.05, 0.1) is 37.9 Å². The first-order valence-electron chi connectivity index (χ1n) is 11.5. The van der Waals surface area contributed by atoms with Gasteiger partial charge in [0, 0.05) is 0 Å². The van der Waals surface area contributed by atoms with Gasteiger partial charge >= 0.3 is 17.1 Å². The van der Waals surface area contributed by atoms with Crippen molar-refractivity contribution in [2.75, 3.05) is 0 Å². The maximum absolute atomic E-state index is 13.3. The average molecular weight is 490 g/mol. The molecule has 0 saturated carbocycles. The normalized spacial score (nSPS) is 13.8. The van der Waals surface area contributed by atoms with Gasteiger partial charge in [-0.25, -0.2) is 28.1 Å². The van der Waals surface area contributed by atoms with Crippen molar-refractivity contribution in [1.82, 2.24) is 13.7 Å². The smallest absolute Gasteiger partial charge is 0.336 e. The molecule has 1 heterocycles. The molecule has 0 amide bonds. The van der Waals surface area contributed by atoms with Crippen molar-refractivity contribution in [3.05, 3.63) is 139 Å². The van der Waals surface area contributed by atoms with Crippen molar-refractivity contribution in [3.8, 4) is 0 Å². The summed E-state index contributed by atoms with van der Waals surface area (Å²) in [5, 5.41) is 32.1. The van der Waals surface area contributed by atoms with Crippen LogP contribution in [0, 0.1) is 0 Å². The van der Waals surface area contributed by atoms with E-state index in [0.29, 0.717) is 16.7 Å². The van der Waals surface area contributed by atoms with Crippen molar-refractivity contribution in [1.29, 1.82) is 0 Å². The average Bonchev–Trinajstić information content (AvgIpc) is 2.92. The van der Waals surface area contributed by atoms with Gasteiger partial charge in [-0.05, 0) is 16.7 Å². The van der Waals surface area contributed by atoms with E-state index in [-0.39, 0.29) is 0 Å². The molecule has 186 valence electrons. The highest BCUT2D eigenvalue weighted by Gasteiger charge is 2.22. The van der Waals surface area contributed by atoms with Crippen LogP contribution in [-0.4, -0.2) is 29.0 Å². The van der Waals surface area contributed by atoms with Crippen molar-refractivity contribution in [2.24, 2.45) is 0 Å². The van der Waals surface area contributed by atoms with Gasteiger partial charge in [0.25, 0.3) is 0 Å². The third-order valence-electron chi connectivity index (χ3n) is 6.00. The lowest BCUT2D eigenvalue weighted by Gasteiger charge is -2.19. The van der Waals surface area contributed by atoms with E-state index < -0.39 is 55.0 Å². The zero-order valence-electron chi connectivity index (χ0n) is 19.4. The molecule has 4 aromatic rings. The molecular weight excluding hydrogens is 462 g/mol. The van der Waals surface area contributed by atoms with Gasteiger partial charge < -0.3 is 15.3 Å². The lowest BCUT2D eigenvalue weighted by molar-refractivity contribution is 0.129. The van der Waals surface area contributed by atoms with Gasteiger partial charge in [0.15, 0.2) is 0 Å². The van der Waals surface area contributed by atoms with Crippen molar-refractivity contribution < 1.29 is 15.3 Å². The number of aliphatic hydroxyl groups excluding tert-OH is 3. The van der Waals surface area contributed by atoms with Crippen molar-refractivity contribution in [2.45, 2.75) is 37.9 Å². The second-order valence-corrected chi connectivity index (χ2v) is 8.46.